The van der Waals surface area contributed by atoms with E-state index in [4.69, 9.17) is 5.14 Å². The molecule has 1 aromatic rings. The van der Waals surface area contributed by atoms with Crippen LogP contribution in [0.2, 0.25) is 0 Å². The lowest BCUT2D eigenvalue weighted by molar-refractivity contribution is -0.275. The largest absolute Gasteiger partial charge is 0.573 e. The molecule has 0 radical (unpaired) electrons. The van der Waals surface area contributed by atoms with Gasteiger partial charge in [0.05, 0.1) is 7.11 Å². The van der Waals surface area contributed by atoms with Gasteiger partial charge in [0, 0.05) is 11.8 Å². The Balaban J connectivity index is 3.53. The van der Waals surface area contributed by atoms with Gasteiger partial charge < -0.3 is 9.47 Å². The van der Waals surface area contributed by atoms with Crippen LogP contribution in [0.1, 0.15) is 5.69 Å². The van der Waals surface area contributed by atoms with Crippen molar-refractivity contribution in [1.29, 1.82) is 0 Å². The van der Waals surface area contributed by atoms with E-state index in [0.29, 0.717) is 0 Å². The lowest BCUT2D eigenvalue weighted by atomic mass is 10.3. The summed E-state index contributed by atoms with van der Waals surface area (Å²) in [6.45, 7) is 1.35. The van der Waals surface area contributed by atoms with Gasteiger partial charge in [-0.3, -0.25) is 0 Å². The topological polar surface area (TPSA) is 91.5 Å². The molecule has 0 atom stereocenters. The zero-order chi connectivity index (χ0) is 14.1. The van der Waals surface area contributed by atoms with Gasteiger partial charge in [0.1, 0.15) is 0 Å². The second-order valence-electron chi connectivity index (χ2n) is 3.19. The van der Waals surface area contributed by atoms with Crippen molar-refractivity contribution in [2.45, 2.75) is 18.2 Å². The first-order valence-electron chi connectivity index (χ1n) is 4.39. The Labute approximate surface area is 101 Å². The van der Waals surface area contributed by atoms with Crippen molar-refractivity contribution in [1.82, 2.24) is 4.98 Å². The number of methoxy groups -OCH3 is 1. The molecule has 2 N–H and O–H groups in total. The number of aryl methyl sites for hydroxylation is 1. The van der Waals surface area contributed by atoms with Crippen LogP contribution in [0.15, 0.2) is 11.0 Å². The molecule has 0 aliphatic carbocycles. The Kier molecular flexibility index (Phi) is 3.72. The first-order valence-corrected chi connectivity index (χ1v) is 5.93. The zero-order valence-electron chi connectivity index (χ0n) is 9.28. The van der Waals surface area contributed by atoms with Crippen LogP contribution in [0.5, 0.6) is 11.6 Å². The van der Waals surface area contributed by atoms with Crippen LogP contribution in [0.3, 0.4) is 0 Å². The normalized spacial score (nSPS) is 12.3. The van der Waals surface area contributed by atoms with Crippen LogP contribution in [-0.2, 0) is 10.0 Å². The molecule has 0 fully saturated rings. The second kappa shape index (κ2) is 4.61. The average molecular weight is 286 g/mol. The molecule has 0 spiro atoms. The van der Waals surface area contributed by atoms with Crippen molar-refractivity contribution >= 4 is 10.0 Å². The third kappa shape index (κ3) is 3.47. The Bertz CT molecular complexity index is 556. The molecule has 0 amide bonds. The Morgan fingerprint density at radius 2 is 1.94 bits per heavy atom. The first kappa shape index (κ1) is 14.5. The lowest BCUT2D eigenvalue weighted by Gasteiger charge is -2.14. The maximum absolute atomic E-state index is 12.2. The van der Waals surface area contributed by atoms with E-state index >= 15 is 0 Å². The van der Waals surface area contributed by atoms with Gasteiger partial charge in [0.2, 0.25) is 15.9 Å². The smallest absolute Gasteiger partial charge is 0.480 e. The average Bonchev–Trinajstić information content (AvgIpc) is 2.11. The highest BCUT2D eigenvalue weighted by atomic mass is 32.2. The molecule has 18 heavy (non-hydrogen) atoms. The minimum atomic E-state index is -5.06. The fourth-order valence-corrected chi connectivity index (χ4v) is 1.96. The van der Waals surface area contributed by atoms with Crippen LogP contribution >= 0.6 is 0 Å². The summed E-state index contributed by atoms with van der Waals surface area (Å²) in [6.07, 6.45) is -5.06. The molecule has 1 aromatic heterocycles. The molecule has 0 aromatic carbocycles. The van der Waals surface area contributed by atoms with Gasteiger partial charge >= 0.3 is 6.36 Å². The number of nitrogens with two attached hydrogens (primary N) is 1. The lowest BCUT2D eigenvalue weighted by Crippen LogP contribution is -2.22. The van der Waals surface area contributed by atoms with Gasteiger partial charge in [0.15, 0.2) is 10.6 Å². The van der Waals surface area contributed by atoms with E-state index in [0.717, 1.165) is 13.2 Å². The summed E-state index contributed by atoms with van der Waals surface area (Å²) >= 11 is 0. The van der Waals surface area contributed by atoms with Gasteiger partial charge in [-0.1, -0.05) is 0 Å². The van der Waals surface area contributed by atoms with Gasteiger partial charge in [-0.25, -0.2) is 18.5 Å². The summed E-state index contributed by atoms with van der Waals surface area (Å²) < 4.78 is 67.1. The van der Waals surface area contributed by atoms with E-state index in [1.165, 1.54) is 6.92 Å². The van der Waals surface area contributed by atoms with E-state index in [1.807, 2.05) is 0 Å². The van der Waals surface area contributed by atoms with Crippen molar-refractivity contribution in [3.8, 4) is 11.6 Å². The minimum absolute atomic E-state index is 0.0819. The van der Waals surface area contributed by atoms with Crippen LogP contribution in [-0.4, -0.2) is 26.9 Å². The molecule has 0 saturated heterocycles. The summed E-state index contributed by atoms with van der Waals surface area (Å²) in [4.78, 5) is 2.67. The number of aromatic nitrogens is 1. The highest BCUT2D eigenvalue weighted by Crippen LogP contribution is 2.34. The number of nitrogens with zero attached hydrogens (tertiary/aromatic N) is 1. The number of halogens is 3. The molecule has 102 valence electrons. The molecule has 6 nitrogen and oxygen atoms in total. The zero-order valence-corrected chi connectivity index (χ0v) is 10.1. The van der Waals surface area contributed by atoms with Crippen molar-refractivity contribution in [3.63, 3.8) is 0 Å². The maximum Gasteiger partial charge on any atom is 0.573 e. The highest BCUT2D eigenvalue weighted by Gasteiger charge is 2.35. The molecule has 10 heteroatoms. The number of ether oxygens (including phenoxy) is 2. The Morgan fingerprint density at radius 3 is 2.33 bits per heavy atom. The minimum Gasteiger partial charge on any atom is -0.480 e. The van der Waals surface area contributed by atoms with Crippen LogP contribution in [0.25, 0.3) is 0 Å². The quantitative estimate of drug-likeness (QED) is 0.893. The number of hydrogen-bond acceptors (Lipinski definition) is 5. The van der Waals surface area contributed by atoms with Crippen molar-refractivity contribution in [3.05, 3.63) is 11.8 Å². The number of sulfonamides is 1. The van der Waals surface area contributed by atoms with Gasteiger partial charge in [-0.05, 0) is 6.92 Å². The molecule has 0 aliphatic heterocycles. The van der Waals surface area contributed by atoms with Crippen molar-refractivity contribution in [2.75, 3.05) is 7.11 Å². The SMILES string of the molecule is COc1nc(C)cc(OC(F)(F)F)c1S(N)(=O)=O. The van der Waals surface area contributed by atoms with Gasteiger partial charge in [-0.15, -0.1) is 13.2 Å². The van der Waals surface area contributed by atoms with Crippen LogP contribution < -0.4 is 14.6 Å². The monoisotopic (exact) mass is 286 g/mol. The maximum atomic E-state index is 12.2. The number of pyridine rings is 1. The van der Waals surface area contributed by atoms with Crippen LogP contribution in [0, 0.1) is 6.92 Å². The molecule has 1 rings (SSSR count). The number of hydrogen-bond donors (Lipinski definition) is 1. The first-order chi connectivity index (χ1) is 8.04. The van der Waals surface area contributed by atoms with E-state index in [1.54, 1.807) is 0 Å². The summed E-state index contributed by atoms with van der Waals surface area (Å²) in [5, 5.41) is 4.81. The van der Waals surface area contributed by atoms with E-state index in [2.05, 4.69) is 14.5 Å². The van der Waals surface area contributed by atoms with Crippen LogP contribution in [0.4, 0.5) is 13.2 Å². The molecule has 0 aliphatic rings. The second-order valence-corrected chi connectivity index (χ2v) is 4.69. The van der Waals surface area contributed by atoms with E-state index < -0.39 is 32.9 Å². The standard InChI is InChI=1S/C8H9F3N2O4S/c1-4-3-5(17-8(9,10)11)6(18(12,14)15)7(13-4)16-2/h3H,1-2H3,(H2,12,14,15). The third-order valence-electron chi connectivity index (χ3n) is 1.74. The van der Waals surface area contributed by atoms with E-state index in [-0.39, 0.29) is 5.69 Å². The summed E-state index contributed by atoms with van der Waals surface area (Å²) in [7, 11) is -3.43. The summed E-state index contributed by atoms with van der Waals surface area (Å²) in [6, 6.07) is 0.801. The number of rotatable bonds is 3. The molecular weight excluding hydrogens is 277 g/mol. The Morgan fingerprint density at radius 1 is 1.39 bits per heavy atom. The van der Waals surface area contributed by atoms with E-state index in [9.17, 15) is 21.6 Å². The van der Waals surface area contributed by atoms with Gasteiger partial charge in [-0.2, -0.15) is 0 Å². The summed E-state index contributed by atoms with van der Waals surface area (Å²) in [5.41, 5.74) is 0.0819. The Hall–Kier alpha value is -1.55. The molecular formula is C8H9F3N2O4S. The molecule has 0 bridgehead atoms. The van der Waals surface area contributed by atoms with Gasteiger partial charge in [0.25, 0.3) is 0 Å². The third-order valence-corrected chi connectivity index (χ3v) is 2.68. The van der Waals surface area contributed by atoms with Crippen molar-refractivity contribution < 1.29 is 31.1 Å². The number of primary sulfonamides is 1. The fourth-order valence-electron chi connectivity index (χ4n) is 1.20. The fraction of sp³-hybridized carbons (Fsp3) is 0.375. The highest BCUT2D eigenvalue weighted by molar-refractivity contribution is 7.89. The van der Waals surface area contributed by atoms with Crippen molar-refractivity contribution in [2.24, 2.45) is 5.14 Å². The molecule has 1 heterocycles. The predicted octanol–water partition coefficient (Wildman–Crippen LogP) is 0.945. The molecule has 0 saturated carbocycles. The predicted molar refractivity (Wildman–Crippen MR) is 53.6 cm³/mol. The summed E-state index contributed by atoms with van der Waals surface area (Å²) in [5.74, 6) is -1.54. The molecule has 0 unspecified atom stereocenters. The number of alkyl halides is 3.